The van der Waals surface area contributed by atoms with Gasteiger partial charge in [0.15, 0.2) is 0 Å². The van der Waals surface area contributed by atoms with Gasteiger partial charge in [-0.1, -0.05) is 0 Å². The van der Waals surface area contributed by atoms with Crippen molar-refractivity contribution in [2.75, 3.05) is 32.8 Å². The summed E-state index contributed by atoms with van der Waals surface area (Å²) >= 11 is 0. The average molecular weight is 244 g/mol. The van der Waals surface area contributed by atoms with E-state index < -0.39 is 5.60 Å². The fourth-order valence-electron chi connectivity index (χ4n) is 1.95. The van der Waals surface area contributed by atoms with Crippen LogP contribution in [0.5, 0.6) is 0 Å². The third-order valence-corrected chi connectivity index (χ3v) is 2.80. The SMILES string of the molecule is CC1CN(C(=O)OC(C)(C)C)CCN1CCO. The van der Waals surface area contributed by atoms with Gasteiger partial charge in [-0.25, -0.2) is 4.79 Å². The highest BCUT2D eigenvalue weighted by Crippen LogP contribution is 2.14. The molecule has 1 atom stereocenters. The molecular weight excluding hydrogens is 220 g/mol. The van der Waals surface area contributed by atoms with Crippen LogP contribution < -0.4 is 0 Å². The molecule has 1 fully saturated rings. The first-order valence-electron chi connectivity index (χ1n) is 6.16. The Morgan fingerprint density at radius 3 is 2.53 bits per heavy atom. The molecule has 0 aliphatic carbocycles. The number of rotatable bonds is 2. The molecule has 0 aromatic heterocycles. The molecule has 5 nitrogen and oxygen atoms in total. The zero-order valence-corrected chi connectivity index (χ0v) is 11.3. The lowest BCUT2D eigenvalue weighted by Gasteiger charge is -2.39. The van der Waals surface area contributed by atoms with Gasteiger partial charge in [0.05, 0.1) is 6.61 Å². The highest BCUT2D eigenvalue weighted by atomic mass is 16.6. The van der Waals surface area contributed by atoms with Gasteiger partial charge in [0.25, 0.3) is 0 Å². The first kappa shape index (κ1) is 14.3. The van der Waals surface area contributed by atoms with Gasteiger partial charge in [0.1, 0.15) is 5.60 Å². The second-order valence-electron chi connectivity index (χ2n) is 5.53. The number of carbonyl (C=O) groups is 1. The van der Waals surface area contributed by atoms with Gasteiger partial charge in [0.2, 0.25) is 0 Å². The molecular formula is C12H24N2O3. The number of nitrogens with zero attached hydrogens (tertiary/aromatic N) is 2. The van der Waals surface area contributed by atoms with Crippen LogP contribution in [0.15, 0.2) is 0 Å². The number of piperazine rings is 1. The third kappa shape index (κ3) is 4.52. The summed E-state index contributed by atoms with van der Waals surface area (Å²) < 4.78 is 5.34. The van der Waals surface area contributed by atoms with E-state index in [1.165, 1.54) is 0 Å². The van der Waals surface area contributed by atoms with Crippen molar-refractivity contribution in [1.82, 2.24) is 9.80 Å². The van der Waals surface area contributed by atoms with E-state index in [1.807, 2.05) is 20.8 Å². The number of hydrogen-bond donors (Lipinski definition) is 1. The zero-order valence-electron chi connectivity index (χ0n) is 11.3. The van der Waals surface area contributed by atoms with Crippen molar-refractivity contribution < 1.29 is 14.6 Å². The van der Waals surface area contributed by atoms with Crippen LogP contribution in [0, 0.1) is 0 Å². The standard InChI is InChI=1S/C12H24N2O3/c1-10-9-14(6-5-13(10)7-8-15)11(16)17-12(2,3)4/h10,15H,5-9H2,1-4H3. The Hall–Kier alpha value is -0.810. The van der Waals surface area contributed by atoms with Crippen LogP contribution in [0.3, 0.4) is 0 Å². The fraction of sp³-hybridized carbons (Fsp3) is 0.917. The molecule has 0 aromatic carbocycles. The molecule has 1 saturated heterocycles. The Bertz CT molecular complexity index is 263. The van der Waals surface area contributed by atoms with Gasteiger partial charge in [0, 0.05) is 32.2 Å². The number of carbonyl (C=O) groups excluding carboxylic acids is 1. The van der Waals surface area contributed by atoms with Crippen LogP contribution >= 0.6 is 0 Å². The minimum Gasteiger partial charge on any atom is -0.444 e. The molecule has 0 spiro atoms. The molecule has 1 aliphatic heterocycles. The molecule has 0 bridgehead atoms. The van der Waals surface area contributed by atoms with Crippen molar-refractivity contribution in [1.29, 1.82) is 0 Å². The largest absolute Gasteiger partial charge is 0.444 e. The molecule has 0 saturated carbocycles. The Kier molecular flexibility index (Phi) is 4.77. The maximum Gasteiger partial charge on any atom is 0.410 e. The number of aliphatic hydroxyl groups excluding tert-OH is 1. The van der Waals surface area contributed by atoms with Crippen molar-refractivity contribution in [2.45, 2.75) is 39.3 Å². The highest BCUT2D eigenvalue weighted by Gasteiger charge is 2.29. The Balaban J connectivity index is 2.46. The number of ether oxygens (including phenoxy) is 1. The first-order valence-corrected chi connectivity index (χ1v) is 6.16. The van der Waals surface area contributed by atoms with Crippen LogP contribution in [0.2, 0.25) is 0 Å². The molecule has 1 rings (SSSR count). The third-order valence-electron chi connectivity index (χ3n) is 2.80. The molecule has 1 amide bonds. The van der Waals surface area contributed by atoms with Gasteiger partial charge < -0.3 is 14.7 Å². The van der Waals surface area contributed by atoms with Crippen molar-refractivity contribution in [3.05, 3.63) is 0 Å². The summed E-state index contributed by atoms with van der Waals surface area (Å²) in [5.41, 5.74) is -0.442. The summed E-state index contributed by atoms with van der Waals surface area (Å²) in [5, 5.41) is 8.92. The fourth-order valence-corrected chi connectivity index (χ4v) is 1.95. The minimum absolute atomic E-state index is 0.163. The van der Waals surface area contributed by atoms with Crippen LogP contribution in [0.25, 0.3) is 0 Å². The van der Waals surface area contributed by atoms with Crippen molar-refractivity contribution in [2.24, 2.45) is 0 Å². The van der Waals surface area contributed by atoms with E-state index in [-0.39, 0.29) is 18.7 Å². The number of β-amino-alcohol motifs (C(OH)–C–C–N with tert-alkyl or cyclic N) is 1. The van der Waals surface area contributed by atoms with E-state index in [0.717, 1.165) is 6.54 Å². The summed E-state index contributed by atoms with van der Waals surface area (Å²) in [4.78, 5) is 15.8. The predicted octanol–water partition coefficient (Wildman–Crippen LogP) is 0.920. The lowest BCUT2D eigenvalue weighted by Crippen LogP contribution is -2.54. The first-order chi connectivity index (χ1) is 7.83. The molecule has 1 N–H and O–H groups in total. The molecule has 1 unspecified atom stereocenters. The maximum absolute atomic E-state index is 11.9. The summed E-state index contributed by atoms with van der Waals surface area (Å²) in [6, 6.07) is 0.267. The minimum atomic E-state index is -0.442. The molecule has 0 aromatic rings. The van der Waals surface area contributed by atoms with Crippen LogP contribution in [0.4, 0.5) is 4.79 Å². The Morgan fingerprint density at radius 2 is 2.06 bits per heavy atom. The smallest absolute Gasteiger partial charge is 0.410 e. The van der Waals surface area contributed by atoms with Gasteiger partial charge in [-0.15, -0.1) is 0 Å². The van der Waals surface area contributed by atoms with E-state index in [4.69, 9.17) is 9.84 Å². The molecule has 5 heteroatoms. The van der Waals surface area contributed by atoms with Gasteiger partial charge in [-0.05, 0) is 27.7 Å². The molecule has 1 aliphatic rings. The molecule has 0 radical (unpaired) electrons. The number of aliphatic hydroxyl groups is 1. The van der Waals surface area contributed by atoms with Gasteiger partial charge in [-0.3, -0.25) is 4.90 Å². The van der Waals surface area contributed by atoms with Crippen LogP contribution in [-0.4, -0.2) is 65.4 Å². The molecule has 17 heavy (non-hydrogen) atoms. The lowest BCUT2D eigenvalue weighted by atomic mass is 10.2. The second-order valence-corrected chi connectivity index (χ2v) is 5.53. The van der Waals surface area contributed by atoms with Crippen molar-refractivity contribution in [3.8, 4) is 0 Å². The Morgan fingerprint density at radius 1 is 1.41 bits per heavy atom. The number of amides is 1. The maximum atomic E-state index is 11.9. The summed E-state index contributed by atoms with van der Waals surface area (Å²) in [6.45, 7) is 10.6. The normalized spacial score (nSPS) is 22.6. The van der Waals surface area contributed by atoms with E-state index in [0.29, 0.717) is 19.6 Å². The zero-order chi connectivity index (χ0) is 13.1. The van der Waals surface area contributed by atoms with Crippen LogP contribution in [-0.2, 0) is 4.74 Å². The summed E-state index contributed by atoms with van der Waals surface area (Å²) in [6.07, 6.45) is -0.243. The summed E-state index contributed by atoms with van der Waals surface area (Å²) in [7, 11) is 0. The quantitative estimate of drug-likeness (QED) is 0.785. The molecule has 1 heterocycles. The van der Waals surface area contributed by atoms with E-state index in [1.54, 1.807) is 4.90 Å². The van der Waals surface area contributed by atoms with Crippen molar-refractivity contribution >= 4 is 6.09 Å². The van der Waals surface area contributed by atoms with Gasteiger partial charge >= 0.3 is 6.09 Å². The average Bonchev–Trinajstić information content (AvgIpc) is 2.18. The van der Waals surface area contributed by atoms with Gasteiger partial charge in [-0.2, -0.15) is 0 Å². The van der Waals surface area contributed by atoms with E-state index >= 15 is 0 Å². The topological polar surface area (TPSA) is 53.0 Å². The monoisotopic (exact) mass is 244 g/mol. The van der Waals surface area contributed by atoms with E-state index in [2.05, 4.69) is 11.8 Å². The van der Waals surface area contributed by atoms with Crippen LogP contribution in [0.1, 0.15) is 27.7 Å². The second kappa shape index (κ2) is 5.69. The van der Waals surface area contributed by atoms with Crippen molar-refractivity contribution in [3.63, 3.8) is 0 Å². The predicted molar refractivity (Wildman–Crippen MR) is 65.9 cm³/mol. The summed E-state index contributed by atoms with van der Waals surface area (Å²) in [5.74, 6) is 0. The Labute approximate surface area is 103 Å². The van der Waals surface area contributed by atoms with E-state index in [9.17, 15) is 4.79 Å². The lowest BCUT2D eigenvalue weighted by molar-refractivity contribution is 0.00385. The highest BCUT2D eigenvalue weighted by molar-refractivity contribution is 5.68. The molecule has 100 valence electrons. The number of hydrogen-bond acceptors (Lipinski definition) is 4.